The van der Waals surface area contributed by atoms with E-state index in [-0.39, 0.29) is 11.6 Å². The lowest BCUT2D eigenvalue weighted by Gasteiger charge is -2.09. The van der Waals surface area contributed by atoms with Gasteiger partial charge in [0.15, 0.2) is 17.2 Å². The second-order valence-electron chi connectivity index (χ2n) is 5.15. The third kappa shape index (κ3) is 3.33. The van der Waals surface area contributed by atoms with Crippen LogP contribution in [0.3, 0.4) is 0 Å². The lowest BCUT2D eigenvalue weighted by atomic mass is 10.1. The molecule has 0 saturated heterocycles. The highest BCUT2D eigenvalue weighted by Crippen LogP contribution is 2.33. The zero-order valence-electron chi connectivity index (χ0n) is 14.1. The van der Waals surface area contributed by atoms with Crippen molar-refractivity contribution in [2.45, 2.75) is 0 Å². The number of para-hydroxylation sites is 1. The van der Waals surface area contributed by atoms with Crippen LogP contribution in [0.25, 0.3) is 6.08 Å². The Morgan fingerprint density at radius 2 is 1.72 bits per heavy atom. The van der Waals surface area contributed by atoms with E-state index in [4.69, 9.17) is 18.9 Å². The van der Waals surface area contributed by atoms with Crippen LogP contribution in [0.4, 0.5) is 0 Å². The average Bonchev–Trinajstić information content (AvgIpc) is 3.02. The second-order valence-corrected chi connectivity index (χ2v) is 5.15. The first kappa shape index (κ1) is 16.6. The van der Waals surface area contributed by atoms with Gasteiger partial charge in [-0.1, -0.05) is 12.1 Å². The molecule has 2 aromatic rings. The van der Waals surface area contributed by atoms with Crippen molar-refractivity contribution in [2.24, 2.45) is 4.99 Å². The predicted octanol–water partition coefficient (Wildman–Crippen LogP) is 3.06. The summed E-state index contributed by atoms with van der Waals surface area (Å²) in [6.07, 6.45) is 1.61. The standard InChI is InChI=1S/C19H17NO5/c1-22-14-9-7-12(8-10-14)18-20-15(19(21)25-18)11-13-5-4-6-16(23-2)17(13)24-3/h4-11H,1-3H3/b15-11+. The number of esters is 1. The molecule has 6 nitrogen and oxygen atoms in total. The van der Waals surface area contributed by atoms with Gasteiger partial charge in [0, 0.05) is 11.1 Å². The quantitative estimate of drug-likeness (QED) is 0.619. The van der Waals surface area contributed by atoms with E-state index in [1.165, 1.54) is 0 Å². The van der Waals surface area contributed by atoms with E-state index < -0.39 is 5.97 Å². The first-order valence-corrected chi connectivity index (χ1v) is 7.54. The molecule has 0 aromatic heterocycles. The fourth-order valence-electron chi connectivity index (χ4n) is 2.44. The van der Waals surface area contributed by atoms with Crippen molar-refractivity contribution >= 4 is 17.9 Å². The predicted molar refractivity (Wildman–Crippen MR) is 93.1 cm³/mol. The summed E-state index contributed by atoms with van der Waals surface area (Å²) in [7, 11) is 4.68. The summed E-state index contributed by atoms with van der Waals surface area (Å²) in [5, 5.41) is 0. The summed E-state index contributed by atoms with van der Waals surface area (Å²) in [5.41, 5.74) is 1.56. The Kier molecular flexibility index (Phi) is 4.70. The van der Waals surface area contributed by atoms with E-state index in [0.717, 1.165) is 0 Å². The number of nitrogens with zero attached hydrogens (tertiary/aromatic N) is 1. The van der Waals surface area contributed by atoms with E-state index in [2.05, 4.69) is 4.99 Å². The smallest absolute Gasteiger partial charge is 0.363 e. The Morgan fingerprint density at radius 1 is 0.960 bits per heavy atom. The third-order valence-electron chi connectivity index (χ3n) is 3.68. The van der Waals surface area contributed by atoms with Gasteiger partial charge in [-0.3, -0.25) is 0 Å². The summed E-state index contributed by atoms with van der Waals surface area (Å²) in [5.74, 6) is 1.54. The minimum atomic E-state index is -0.518. The minimum absolute atomic E-state index is 0.192. The monoisotopic (exact) mass is 339 g/mol. The zero-order valence-corrected chi connectivity index (χ0v) is 14.1. The molecule has 1 heterocycles. The molecule has 0 atom stereocenters. The van der Waals surface area contributed by atoms with Gasteiger partial charge in [-0.2, -0.15) is 0 Å². The topological polar surface area (TPSA) is 66.3 Å². The van der Waals surface area contributed by atoms with Crippen LogP contribution in [0.2, 0.25) is 0 Å². The molecular formula is C19H17NO5. The van der Waals surface area contributed by atoms with Crippen molar-refractivity contribution in [3.05, 3.63) is 59.3 Å². The number of cyclic esters (lactones) is 1. The van der Waals surface area contributed by atoms with Gasteiger partial charge in [-0.15, -0.1) is 0 Å². The highest BCUT2D eigenvalue weighted by atomic mass is 16.6. The number of rotatable bonds is 5. The van der Waals surface area contributed by atoms with Crippen LogP contribution in [-0.4, -0.2) is 33.2 Å². The van der Waals surface area contributed by atoms with Crippen LogP contribution in [0.1, 0.15) is 11.1 Å². The Labute approximate surface area is 145 Å². The molecular weight excluding hydrogens is 322 g/mol. The molecule has 0 amide bonds. The van der Waals surface area contributed by atoms with Crippen LogP contribution in [0.5, 0.6) is 17.2 Å². The molecule has 0 saturated carbocycles. The highest BCUT2D eigenvalue weighted by molar-refractivity contribution is 6.13. The van der Waals surface area contributed by atoms with Crippen LogP contribution in [-0.2, 0) is 9.53 Å². The molecule has 0 bridgehead atoms. The van der Waals surface area contributed by atoms with Crippen molar-refractivity contribution in [2.75, 3.05) is 21.3 Å². The van der Waals surface area contributed by atoms with Crippen molar-refractivity contribution < 1.29 is 23.7 Å². The summed E-state index contributed by atoms with van der Waals surface area (Å²) >= 11 is 0. The fraction of sp³-hybridized carbons (Fsp3) is 0.158. The summed E-state index contributed by atoms with van der Waals surface area (Å²) in [6.45, 7) is 0. The minimum Gasteiger partial charge on any atom is -0.497 e. The Balaban J connectivity index is 1.96. The van der Waals surface area contributed by atoms with Gasteiger partial charge in [0.05, 0.1) is 21.3 Å². The molecule has 128 valence electrons. The molecule has 3 rings (SSSR count). The van der Waals surface area contributed by atoms with Crippen LogP contribution < -0.4 is 14.2 Å². The van der Waals surface area contributed by atoms with Crippen LogP contribution in [0, 0.1) is 0 Å². The molecule has 1 aliphatic heterocycles. The van der Waals surface area contributed by atoms with Crippen molar-refractivity contribution in [1.82, 2.24) is 0 Å². The van der Waals surface area contributed by atoms with Crippen molar-refractivity contribution in [1.29, 1.82) is 0 Å². The Morgan fingerprint density at radius 3 is 2.36 bits per heavy atom. The number of aliphatic imine (C=N–C) groups is 1. The number of benzene rings is 2. The van der Waals surface area contributed by atoms with E-state index in [9.17, 15) is 4.79 Å². The highest BCUT2D eigenvalue weighted by Gasteiger charge is 2.25. The zero-order chi connectivity index (χ0) is 17.8. The lowest BCUT2D eigenvalue weighted by molar-refractivity contribution is -0.129. The Bertz CT molecular complexity index is 853. The normalized spacial score (nSPS) is 14.9. The van der Waals surface area contributed by atoms with Gasteiger partial charge in [0.2, 0.25) is 5.90 Å². The van der Waals surface area contributed by atoms with Crippen molar-refractivity contribution in [3.63, 3.8) is 0 Å². The molecule has 0 N–H and O–H groups in total. The summed E-state index contributed by atoms with van der Waals surface area (Å²) in [6, 6.07) is 12.5. The van der Waals surface area contributed by atoms with Gasteiger partial charge in [0.1, 0.15) is 5.75 Å². The number of hydrogen-bond donors (Lipinski definition) is 0. The first-order chi connectivity index (χ1) is 12.2. The summed E-state index contributed by atoms with van der Waals surface area (Å²) < 4.78 is 21.0. The van der Waals surface area contributed by atoms with E-state index in [1.54, 1.807) is 57.7 Å². The van der Waals surface area contributed by atoms with Gasteiger partial charge < -0.3 is 18.9 Å². The third-order valence-corrected chi connectivity index (χ3v) is 3.68. The molecule has 0 aliphatic carbocycles. The largest absolute Gasteiger partial charge is 0.497 e. The number of hydrogen-bond acceptors (Lipinski definition) is 6. The summed E-state index contributed by atoms with van der Waals surface area (Å²) in [4.78, 5) is 16.4. The number of methoxy groups -OCH3 is 3. The lowest BCUT2D eigenvalue weighted by Crippen LogP contribution is -2.05. The molecule has 0 fully saturated rings. The first-order valence-electron chi connectivity index (χ1n) is 7.54. The molecule has 1 aliphatic rings. The Hall–Kier alpha value is -3.28. The van der Waals surface area contributed by atoms with Gasteiger partial charge in [-0.25, -0.2) is 9.79 Å². The van der Waals surface area contributed by atoms with E-state index in [0.29, 0.717) is 28.4 Å². The second kappa shape index (κ2) is 7.09. The number of ether oxygens (including phenoxy) is 4. The maximum atomic E-state index is 12.1. The van der Waals surface area contributed by atoms with Crippen LogP contribution in [0.15, 0.2) is 53.2 Å². The van der Waals surface area contributed by atoms with E-state index >= 15 is 0 Å². The number of carbonyl (C=O) groups excluding carboxylic acids is 1. The average molecular weight is 339 g/mol. The molecule has 0 radical (unpaired) electrons. The molecule has 2 aromatic carbocycles. The maximum absolute atomic E-state index is 12.1. The van der Waals surface area contributed by atoms with Crippen molar-refractivity contribution in [3.8, 4) is 17.2 Å². The maximum Gasteiger partial charge on any atom is 0.363 e. The number of carbonyl (C=O) groups is 1. The van der Waals surface area contributed by atoms with Gasteiger partial charge >= 0.3 is 5.97 Å². The van der Waals surface area contributed by atoms with Gasteiger partial charge in [0.25, 0.3) is 0 Å². The van der Waals surface area contributed by atoms with Gasteiger partial charge in [-0.05, 0) is 36.4 Å². The molecule has 6 heteroatoms. The SMILES string of the molecule is COc1ccc(C2=N/C(=C/c3cccc(OC)c3OC)C(=O)O2)cc1. The molecule has 0 spiro atoms. The molecule has 0 unspecified atom stereocenters. The van der Waals surface area contributed by atoms with E-state index in [1.807, 2.05) is 12.1 Å². The molecule has 25 heavy (non-hydrogen) atoms. The van der Waals surface area contributed by atoms with Crippen LogP contribution >= 0.6 is 0 Å². The fourth-order valence-corrected chi connectivity index (χ4v) is 2.44.